The van der Waals surface area contributed by atoms with Gasteiger partial charge in [-0.2, -0.15) is 0 Å². The lowest BCUT2D eigenvalue weighted by molar-refractivity contribution is -0.132. The molecule has 0 spiro atoms. The number of rotatable bonds is 5. The van der Waals surface area contributed by atoms with Gasteiger partial charge in [-0.1, -0.05) is 49.0 Å². The highest BCUT2D eigenvalue weighted by atomic mass is 32.2. The van der Waals surface area contributed by atoms with Gasteiger partial charge in [0.1, 0.15) is 0 Å². The van der Waals surface area contributed by atoms with Crippen molar-refractivity contribution in [2.24, 2.45) is 0 Å². The molecule has 1 aliphatic rings. The van der Waals surface area contributed by atoms with E-state index in [1.54, 1.807) is 0 Å². The van der Waals surface area contributed by atoms with Gasteiger partial charge in [0.25, 0.3) is 0 Å². The number of carbonyl (C=O) groups is 1. The lowest BCUT2D eigenvalue weighted by Gasteiger charge is -2.35. The van der Waals surface area contributed by atoms with Crippen LogP contribution >= 0.6 is 11.8 Å². The summed E-state index contributed by atoms with van der Waals surface area (Å²) in [4.78, 5) is 14.6. The van der Waals surface area contributed by atoms with Crippen molar-refractivity contribution in [2.45, 2.75) is 43.8 Å². The standard InChI is InChI=1S/C17H23N5OS/c1-2-14-10-6-7-11-21(14)15(23)12-24-17-20-19-16(22(17)18)13-8-4-3-5-9-13/h3-5,8-9,14H,2,6-7,10-12,18H2,1H3. The van der Waals surface area contributed by atoms with Crippen LogP contribution < -0.4 is 5.84 Å². The molecular formula is C17H23N5OS. The molecule has 1 amide bonds. The van der Waals surface area contributed by atoms with E-state index in [1.165, 1.54) is 22.9 Å². The third-order valence-electron chi connectivity index (χ3n) is 4.44. The lowest BCUT2D eigenvalue weighted by atomic mass is 10.0. The number of nitrogen functional groups attached to an aromatic ring is 1. The normalized spacial score (nSPS) is 17.9. The van der Waals surface area contributed by atoms with Crippen LogP contribution in [0.4, 0.5) is 0 Å². The lowest BCUT2D eigenvalue weighted by Crippen LogP contribution is -2.44. The number of aromatic nitrogens is 3. The number of hydrogen-bond donors (Lipinski definition) is 1. The molecule has 7 heteroatoms. The maximum atomic E-state index is 12.5. The third kappa shape index (κ3) is 3.56. The quantitative estimate of drug-likeness (QED) is 0.666. The van der Waals surface area contributed by atoms with Gasteiger partial charge in [0.15, 0.2) is 5.82 Å². The molecule has 128 valence electrons. The van der Waals surface area contributed by atoms with E-state index >= 15 is 0 Å². The van der Waals surface area contributed by atoms with Crippen LogP contribution in [0.3, 0.4) is 0 Å². The molecule has 2 aromatic rings. The zero-order valence-electron chi connectivity index (χ0n) is 13.9. The minimum atomic E-state index is 0.163. The number of amides is 1. The number of hydrogen-bond acceptors (Lipinski definition) is 5. The van der Waals surface area contributed by atoms with Crippen LogP contribution in [0, 0.1) is 0 Å². The van der Waals surface area contributed by atoms with Crippen molar-refractivity contribution < 1.29 is 4.79 Å². The van der Waals surface area contributed by atoms with Crippen molar-refractivity contribution in [2.75, 3.05) is 18.1 Å². The molecule has 1 aromatic heterocycles. The van der Waals surface area contributed by atoms with Crippen molar-refractivity contribution in [3.63, 3.8) is 0 Å². The van der Waals surface area contributed by atoms with Gasteiger partial charge in [0, 0.05) is 18.2 Å². The molecule has 6 nitrogen and oxygen atoms in total. The largest absolute Gasteiger partial charge is 0.339 e. The van der Waals surface area contributed by atoms with Crippen LogP contribution in [0.1, 0.15) is 32.6 Å². The van der Waals surface area contributed by atoms with Gasteiger partial charge >= 0.3 is 0 Å². The summed E-state index contributed by atoms with van der Waals surface area (Å²) < 4.78 is 1.46. The second kappa shape index (κ2) is 7.70. The fourth-order valence-corrected chi connectivity index (χ4v) is 3.86. The molecule has 0 saturated carbocycles. The summed E-state index contributed by atoms with van der Waals surface area (Å²) in [5.74, 6) is 7.22. The molecule has 0 aliphatic carbocycles. The predicted molar refractivity (Wildman–Crippen MR) is 96.0 cm³/mol. The molecule has 3 rings (SSSR count). The molecule has 1 aliphatic heterocycles. The average Bonchev–Trinajstić information content (AvgIpc) is 3.01. The van der Waals surface area contributed by atoms with Gasteiger partial charge in [0.05, 0.1) is 5.75 Å². The Balaban J connectivity index is 1.65. The van der Waals surface area contributed by atoms with Gasteiger partial charge in [-0.05, 0) is 25.7 Å². The van der Waals surface area contributed by atoms with Gasteiger partial charge in [-0.3, -0.25) is 4.79 Å². The van der Waals surface area contributed by atoms with Crippen LogP contribution in [-0.4, -0.2) is 44.0 Å². The number of nitrogens with two attached hydrogens (primary N) is 1. The molecule has 1 atom stereocenters. The van der Waals surface area contributed by atoms with Crippen LogP contribution in [0.2, 0.25) is 0 Å². The summed E-state index contributed by atoms with van der Waals surface area (Å²) in [5.41, 5.74) is 0.910. The molecule has 1 aromatic carbocycles. The summed E-state index contributed by atoms with van der Waals surface area (Å²) in [6.45, 7) is 3.01. The Bertz CT molecular complexity index is 688. The smallest absolute Gasteiger partial charge is 0.233 e. The first-order chi connectivity index (χ1) is 11.7. The van der Waals surface area contributed by atoms with Gasteiger partial charge < -0.3 is 10.7 Å². The fraction of sp³-hybridized carbons (Fsp3) is 0.471. The zero-order chi connectivity index (χ0) is 16.9. The van der Waals surface area contributed by atoms with E-state index in [4.69, 9.17) is 5.84 Å². The summed E-state index contributed by atoms with van der Waals surface area (Å²) in [6, 6.07) is 10.1. The second-order valence-electron chi connectivity index (χ2n) is 5.98. The van der Waals surface area contributed by atoms with E-state index in [1.807, 2.05) is 35.2 Å². The van der Waals surface area contributed by atoms with Gasteiger partial charge in [-0.25, -0.2) is 4.68 Å². The highest BCUT2D eigenvalue weighted by Gasteiger charge is 2.25. The minimum absolute atomic E-state index is 0.163. The third-order valence-corrected chi connectivity index (χ3v) is 5.37. The Hall–Kier alpha value is -2.02. The molecule has 2 heterocycles. The number of benzene rings is 1. The summed E-state index contributed by atoms with van der Waals surface area (Å²) in [7, 11) is 0. The van der Waals surface area contributed by atoms with E-state index < -0.39 is 0 Å². The van der Waals surface area contributed by atoms with E-state index in [-0.39, 0.29) is 5.91 Å². The number of likely N-dealkylation sites (tertiary alicyclic amines) is 1. The Labute approximate surface area is 146 Å². The van der Waals surface area contributed by atoms with Crippen LogP contribution in [-0.2, 0) is 4.79 Å². The van der Waals surface area contributed by atoms with Gasteiger partial charge in [-0.15, -0.1) is 10.2 Å². The van der Waals surface area contributed by atoms with Gasteiger partial charge in [0.2, 0.25) is 11.1 Å². The van der Waals surface area contributed by atoms with Crippen LogP contribution in [0.25, 0.3) is 11.4 Å². The molecule has 0 radical (unpaired) electrons. The van der Waals surface area contributed by atoms with Crippen molar-refractivity contribution in [1.29, 1.82) is 0 Å². The number of carbonyl (C=O) groups excluding carboxylic acids is 1. The maximum Gasteiger partial charge on any atom is 0.233 e. The molecule has 2 N–H and O–H groups in total. The highest BCUT2D eigenvalue weighted by Crippen LogP contribution is 2.24. The first-order valence-electron chi connectivity index (χ1n) is 8.39. The Morgan fingerprint density at radius 2 is 2.08 bits per heavy atom. The molecule has 1 fully saturated rings. The maximum absolute atomic E-state index is 12.5. The van der Waals surface area contributed by atoms with Crippen LogP contribution in [0.15, 0.2) is 35.5 Å². The topological polar surface area (TPSA) is 77.0 Å². The molecule has 1 saturated heterocycles. The fourth-order valence-electron chi connectivity index (χ4n) is 3.12. The predicted octanol–water partition coefficient (Wildman–Crippen LogP) is 2.54. The molecular weight excluding hydrogens is 322 g/mol. The molecule has 1 unspecified atom stereocenters. The van der Waals surface area contributed by atoms with E-state index in [0.29, 0.717) is 22.8 Å². The summed E-state index contributed by atoms with van der Waals surface area (Å²) >= 11 is 1.35. The molecule has 0 bridgehead atoms. The summed E-state index contributed by atoms with van der Waals surface area (Å²) in [6.07, 6.45) is 4.44. The van der Waals surface area contributed by atoms with Crippen molar-refractivity contribution in [1.82, 2.24) is 19.8 Å². The van der Waals surface area contributed by atoms with Crippen molar-refractivity contribution in [3.05, 3.63) is 30.3 Å². The second-order valence-corrected chi connectivity index (χ2v) is 6.92. The number of piperidine rings is 1. The Kier molecular flexibility index (Phi) is 5.40. The average molecular weight is 345 g/mol. The monoisotopic (exact) mass is 345 g/mol. The Morgan fingerprint density at radius 3 is 2.83 bits per heavy atom. The SMILES string of the molecule is CCC1CCCCN1C(=O)CSc1nnc(-c2ccccc2)n1N. The van der Waals surface area contributed by atoms with Crippen molar-refractivity contribution in [3.8, 4) is 11.4 Å². The first kappa shape index (κ1) is 16.8. The van der Waals surface area contributed by atoms with E-state index in [2.05, 4.69) is 17.1 Å². The highest BCUT2D eigenvalue weighted by molar-refractivity contribution is 7.99. The molecule has 24 heavy (non-hydrogen) atoms. The van der Waals surface area contributed by atoms with Crippen molar-refractivity contribution >= 4 is 17.7 Å². The summed E-state index contributed by atoms with van der Waals surface area (Å²) in [5, 5.41) is 8.84. The van der Waals surface area contributed by atoms with E-state index in [9.17, 15) is 4.79 Å². The number of nitrogens with zero attached hydrogens (tertiary/aromatic N) is 4. The van der Waals surface area contributed by atoms with E-state index in [0.717, 1.165) is 31.4 Å². The minimum Gasteiger partial charge on any atom is -0.339 e. The first-order valence-corrected chi connectivity index (χ1v) is 9.37. The Morgan fingerprint density at radius 1 is 1.29 bits per heavy atom. The number of thioether (sulfide) groups is 1. The zero-order valence-corrected chi connectivity index (χ0v) is 14.7. The van der Waals surface area contributed by atoms with Crippen LogP contribution in [0.5, 0.6) is 0 Å².